The molecule has 0 aliphatic heterocycles. The van der Waals surface area contributed by atoms with Gasteiger partial charge in [0.15, 0.2) is 11.5 Å². The van der Waals surface area contributed by atoms with Gasteiger partial charge in [-0.05, 0) is 30.3 Å². The van der Waals surface area contributed by atoms with E-state index in [9.17, 15) is 23.1 Å². The van der Waals surface area contributed by atoms with E-state index in [2.05, 4.69) is 9.97 Å². The summed E-state index contributed by atoms with van der Waals surface area (Å²) in [5.41, 5.74) is -1.57. The number of nitrogens with zero attached hydrogens (tertiary/aromatic N) is 2. The Morgan fingerprint density at radius 2 is 1.72 bits per heavy atom. The van der Waals surface area contributed by atoms with Crippen molar-refractivity contribution >= 4 is 28.4 Å². The molecular weight excluding hydrogens is 357 g/mol. The molecule has 0 bridgehead atoms. The zero-order chi connectivity index (χ0) is 18.2. The molecule has 0 amide bonds. The van der Waals surface area contributed by atoms with Gasteiger partial charge in [-0.1, -0.05) is 23.7 Å². The van der Waals surface area contributed by atoms with Crippen molar-refractivity contribution in [1.29, 1.82) is 0 Å². The topological polar surface area (TPSA) is 63.1 Å². The number of rotatable bonds is 3. The van der Waals surface area contributed by atoms with E-state index in [0.717, 1.165) is 0 Å². The van der Waals surface area contributed by atoms with Gasteiger partial charge in [-0.15, -0.1) is 0 Å². The molecule has 0 saturated heterocycles. The minimum absolute atomic E-state index is 0.0802. The lowest BCUT2D eigenvalue weighted by molar-refractivity contribution is -0.141. The summed E-state index contributed by atoms with van der Waals surface area (Å²) in [5, 5.41) is 9.93. The Labute approximate surface area is 144 Å². The van der Waals surface area contributed by atoms with Crippen molar-refractivity contribution in [1.82, 2.24) is 9.97 Å². The van der Waals surface area contributed by atoms with Crippen molar-refractivity contribution in [2.24, 2.45) is 0 Å². The number of aromatic nitrogens is 2. The summed E-state index contributed by atoms with van der Waals surface area (Å²) >= 11 is 5.77. The van der Waals surface area contributed by atoms with Crippen LogP contribution in [0.2, 0.25) is 5.02 Å². The maximum Gasteiger partial charge on any atom is 0.435 e. The number of Topliss-reactive ketones (excluding diaryl/α,β-unsaturated/α-hetero) is 1. The summed E-state index contributed by atoms with van der Waals surface area (Å²) in [7, 11) is 0. The van der Waals surface area contributed by atoms with Crippen LogP contribution in [0.4, 0.5) is 13.2 Å². The van der Waals surface area contributed by atoms with E-state index in [-0.39, 0.29) is 27.4 Å². The van der Waals surface area contributed by atoms with Gasteiger partial charge in [0.05, 0.1) is 28.7 Å². The first-order valence-electron chi connectivity index (χ1n) is 7.10. The first-order valence-corrected chi connectivity index (χ1v) is 7.48. The molecule has 128 valence electrons. The Balaban J connectivity index is 2.08. The SMILES string of the molecule is O=C(Cc1nc2ccccc2nc1C(F)(F)F)c1cc(Cl)ccc1O. The van der Waals surface area contributed by atoms with Gasteiger partial charge < -0.3 is 5.11 Å². The van der Waals surface area contributed by atoms with Gasteiger partial charge in [0.2, 0.25) is 0 Å². The van der Waals surface area contributed by atoms with Crippen molar-refractivity contribution in [3.05, 3.63) is 64.4 Å². The lowest BCUT2D eigenvalue weighted by Gasteiger charge is -2.12. The van der Waals surface area contributed by atoms with Crippen LogP contribution in [0, 0.1) is 0 Å². The van der Waals surface area contributed by atoms with Crippen LogP contribution in [0.15, 0.2) is 42.5 Å². The molecule has 2 aromatic carbocycles. The predicted octanol–water partition coefficient (Wildman–Crippen LogP) is 4.43. The van der Waals surface area contributed by atoms with Crippen molar-refractivity contribution in [2.45, 2.75) is 12.6 Å². The van der Waals surface area contributed by atoms with Crippen LogP contribution in [0.3, 0.4) is 0 Å². The van der Waals surface area contributed by atoms with Crippen molar-refractivity contribution in [3.63, 3.8) is 0 Å². The van der Waals surface area contributed by atoms with Crippen LogP contribution in [0.1, 0.15) is 21.7 Å². The highest BCUT2D eigenvalue weighted by Crippen LogP contribution is 2.32. The van der Waals surface area contributed by atoms with Crippen LogP contribution >= 0.6 is 11.6 Å². The number of phenols is 1. The van der Waals surface area contributed by atoms with Gasteiger partial charge in [0.1, 0.15) is 5.75 Å². The fourth-order valence-electron chi connectivity index (χ4n) is 2.37. The smallest absolute Gasteiger partial charge is 0.435 e. The zero-order valence-electron chi connectivity index (χ0n) is 12.5. The molecule has 0 atom stereocenters. The third-order valence-corrected chi connectivity index (χ3v) is 3.73. The molecule has 0 spiro atoms. The van der Waals surface area contributed by atoms with Crippen molar-refractivity contribution in [3.8, 4) is 5.75 Å². The largest absolute Gasteiger partial charge is 0.507 e. The van der Waals surface area contributed by atoms with Crippen molar-refractivity contribution < 1.29 is 23.1 Å². The second-order valence-electron chi connectivity index (χ2n) is 5.27. The quantitative estimate of drug-likeness (QED) is 0.696. The number of alkyl halides is 3. The second-order valence-corrected chi connectivity index (χ2v) is 5.70. The van der Waals surface area contributed by atoms with Gasteiger partial charge in [-0.2, -0.15) is 13.2 Å². The summed E-state index contributed by atoms with van der Waals surface area (Å²) in [4.78, 5) is 19.9. The molecular formula is C17H10ClF3N2O2. The summed E-state index contributed by atoms with van der Waals surface area (Å²) in [6, 6.07) is 9.84. The van der Waals surface area contributed by atoms with Crippen molar-refractivity contribution in [2.75, 3.05) is 0 Å². The van der Waals surface area contributed by atoms with E-state index in [0.29, 0.717) is 0 Å². The van der Waals surface area contributed by atoms with E-state index >= 15 is 0 Å². The molecule has 0 unspecified atom stereocenters. The molecule has 3 rings (SSSR count). The monoisotopic (exact) mass is 366 g/mol. The number of fused-ring (bicyclic) bond motifs is 1. The number of benzene rings is 2. The summed E-state index contributed by atoms with van der Waals surface area (Å²) in [5.74, 6) is -1.10. The van der Waals surface area contributed by atoms with Crippen LogP contribution < -0.4 is 0 Å². The first kappa shape index (κ1) is 17.2. The molecule has 25 heavy (non-hydrogen) atoms. The molecule has 8 heteroatoms. The highest BCUT2D eigenvalue weighted by molar-refractivity contribution is 6.31. The normalized spacial score (nSPS) is 11.7. The molecule has 0 fully saturated rings. The Kier molecular flexibility index (Phi) is 4.34. The number of phenolic OH excluding ortho intramolecular Hbond substituents is 1. The summed E-state index contributed by atoms with van der Waals surface area (Å²) in [6.45, 7) is 0. The Morgan fingerprint density at radius 3 is 2.36 bits per heavy atom. The van der Waals surface area contributed by atoms with Gasteiger partial charge >= 0.3 is 6.18 Å². The molecule has 0 aliphatic carbocycles. The number of hydrogen-bond donors (Lipinski definition) is 1. The fraction of sp³-hybridized carbons (Fsp3) is 0.118. The van der Waals surface area contributed by atoms with Crippen LogP contribution in [-0.4, -0.2) is 20.9 Å². The Hall–Kier alpha value is -2.67. The first-order chi connectivity index (χ1) is 11.8. The van der Waals surface area contributed by atoms with E-state index < -0.39 is 29.8 Å². The molecule has 4 nitrogen and oxygen atoms in total. The average molecular weight is 367 g/mol. The molecule has 3 aromatic rings. The number of carbonyl (C=O) groups excluding carboxylic acids is 1. The highest BCUT2D eigenvalue weighted by Gasteiger charge is 2.37. The lowest BCUT2D eigenvalue weighted by atomic mass is 10.0. The number of para-hydroxylation sites is 2. The minimum Gasteiger partial charge on any atom is -0.507 e. The fourth-order valence-corrected chi connectivity index (χ4v) is 2.54. The second kappa shape index (κ2) is 6.33. The third-order valence-electron chi connectivity index (χ3n) is 3.50. The Bertz CT molecular complexity index is 974. The molecule has 0 saturated carbocycles. The van der Waals surface area contributed by atoms with E-state index in [1.165, 1.54) is 30.3 Å². The Morgan fingerprint density at radius 1 is 1.08 bits per heavy atom. The molecule has 0 radical (unpaired) electrons. The molecule has 1 N–H and O–H groups in total. The van der Waals surface area contributed by atoms with E-state index in [4.69, 9.17) is 11.6 Å². The zero-order valence-corrected chi connectivity index (χ0v) is 13.3. The molecule has 1 aromatic heterocycles. The predicted molar refractivity (Wildman–Crippen MR) is 85.7 cm³/mol. The number of halogens is 4. The standard InChI is InChI=1S/C17H10ClF3N2O2/c18-9-5-6-14(24)10(7-9)15(25)8-13-16(17(19,20)21)23-12-4-2-1-3-11(12)22-13/h1-7,24H,8H2. The van der Waals surface area contributed by atoms with Crippen LogP contribution in [0.25, 0.3) is 11.0 Å². The summed E-state index contributed by atoms with van der Waals surface area (Å²) < 4.78 is 39.9. The van der Waals surface area contributed by atoms with Crippen LogP contribution in [-0.2, 0) is 12.6 Å². The number of aromatic hydroxyl groups is 1. The highest BCUT2D eigenvalue weighted by atomic mass is 35.5. The maximum atomic E-state index is 13.3. The third kappa shape index (κ3) is 3.56. The van der Waals surface area contributed by atoms with Gasteiger partial charge in [-0.25, -0.2) is 9.97 Å². The summed E-state index contributed by atoms with van der Waals surface area (Å²) in [6.07, 6.45) is -5.43. The van der Waals surface area contributed by atoms with Gasteiger partial charge in [0.25, 0.3) is 0 Å². The molecule has 1 heterocycles. The number of hydrogen-bond acceptors (Lipinski definition) is 4. The maximum absolute atomic E-state index is 13.3. The van der Waals surface area contributed by atoms with Gasteiger partial charge in [0, 0.05) is 5.02 Å². The lowest BCUT2D eigenvalue weighted by Crippen LogP contribution is -2.17. The van der Waals surface area contributed by atoms with E-state index in [1.54, 1.807) is 12.1 Å². The van der Waals surface area contributed by atoms with E-state index in [1.807, 2.05) is 0 Å². The molecule has 0 aliphatic rings. The van der Waals surface area contributed by atoms with Gasteiger partial charge in [-0.3, -0.25) is 4.79 Å². The minimum atomic E-state index is -4.76. The van der Waals surface area contributed by atoms with Crippen LogP contribution in [0.5, 0.6) is 5.75 Å². The average Bonchev–Trinajstić information content (AvgIpc) is 2.55. The number of carbonyl (C=O) groups is 1. The number of ketones is 1.